The number of benzene rings is 3. The number of amides is 1. The summed E-state index contributed by atoms with van der Waals surface area (Å²) >= 11 is 11.6. The van der Waals surface area contributed by atoms with Crippen molar-refractivity contribution >= 4 is 52.3 Å². The second-order valence-corrected chi connectivity index (χ2v) is 8.90. The van der Waals surface area contributed by atoms with E-state index in [4.69, 9.17) is 23.8 Å². The highest BCUT2D eigenvalue weighted by Gasteiger charge is 2.18. The van der Waals surface area contributed by atoms with Gasteiger partial charge in [-0.05, 0) is 59.8 Å². The van der Waals surface area contributed by atoms with Crippen LogP contribution in [-0.2, 0) is 11.3 Å². The van der Waals surface area contributed by atoms with E-state index in [0.717, 1.165) is 49.0 Å². The third-order valence-electron chi connectivity index (χ3n) is 5.68. The number of halogens is 1. The second-order valence-electron chi connectivity index (χ2n) is 8.09. The van der Waals surface area contributed by atoms with Gasteiger partial charge in [-0.2, -0.15) is 0 Å². The van der Waals surface area contributed by atoms with E-state index in [-0.39, 0.29) is 11.0 Å². The molecule has 0 spiro atoms. The molecule has 1 fully saturated rings. The van der Waals surface area contributed by atoms with Crippen molar-refractivity contribution in [1.82, 2.24) is 10.2 Å². The molecule has 1 aliphatic heterocycles. The number of nitrogens with one attached hydrogen (secondary N) is 2. The molecule has 3 aromatic carbocycles. The van der Waals surface area contributed by atoms with E-state index < -0.39 is 0 Å². The molecular weight excluding hydrogens is 464 g/mol. The lowest BCUT2D eigenvalue weighted by atomic mass is 10.2. The van der Waals surface area contributed by atoms with Gasteiger partial charge in [-0.15, -0.1) is 0 Å². The molecule has 4 rings (SSSR count). The Bertz CT molecular complexity index is 1140. The van der Waals surface area contributed by atoms with Gasteiger partial charge < -0.3 is 10.2 Å². The van der Waals surface area contributed by atoms with Gasteiger partial charge in [-0.3, -0.25) is 15.0 Å². The molecule has 0 unspecified atom stereocenters. The number of hydrogen-bond acceptors (Lipinski definition) is 4. The largest absolute Gasteiger partial charge is 0.369 e. The Labute approximate surface area is 211 Å². The van der Waals surface area contributed by atoms with E-state index in [0.29, 0.717) is 0 Å². The van der Waals surface area contributed by atoms with Crippen LogP contribution in [0.25, 0.3) is 6.08 Å². The van der Waals surface area contributed by atoms with Crippen LogP contribution in [0.2, 0.25) is 5.02 Å². The minimum absolute atomic E-state index is 0.267. The smallest absolute Gasteiger partial charge is 0.250 e. The van der Waals surface area contributed by atoms with Gasteiger partial charge in [0.2, 0.25) is 5.91 Å². The van der Waals surface area contributed by atoms with Gasteiger partial charge in [0.1, 0.15) is 0 Å². The number of piperazine rings is 1. The van der Waals surface area contributed by atoms with Crippen LogP contribution in [0.15, 0.2) is 84.9 Å². The molecule has 5 nitrogen and oxygen atoms in total. The van der Waals surface area contributed by atoms with Crippen molar-refractivity contribution in [2.24, 2.45) is 0 Å². The Morgan fingerprint density at radius 1 is 0.912 bits per heavy atom. The Kier molecular flexibility index (Phi) is 8.31. The number of anilines is 2. The molecule has 34 heavy (non-hydrogen) atoms. The molecule has 2 N–H and O–H groups in total. The lowest BCUT2D eigenvalue weighted by Gasteiger charge is -2.36. The lowest BCUT2D eigenvalue weighted by molar-refractivity contribution is -0.115. The zero-order chi connectivity index (χ0) is 23.8. The van der Waals surface area contributed by atoms with E-state index in [9.17, 15) is 4.79 Å². The van der Waals surface area contributed by atoms with Gasteiger partial charge >= 0.3 is 0 Å². The maximum absolute atomic E-state index is 12.1. The van der Waals surface area contributed by atoms with E-state index in [2.05, 4.69) is 38.6 Å². The molecule has 0 atom stereocenters. The van der Waals surface area contributed by atoms with Gasteiger partial charge in [0, 0.05) is 55.2 Å². The minimum Gasteiger partial charge on any atom is -0.369 e. The van der Waals surface area contributed by atoms with Crippen LogP contribution in [0, 0.1) is 0 Å². The summed E-state index contributed by atoms with van der Waals surface area (Å²) in [5, 5.41) is 6.84. The molecule has 1 amide bonds. The third kappa shape index (κ3) is 6.90. The number of carbonyl (C=O) groups excluding carboxylic acids is 1. The standard InChI is InChI=1S/C27H27ClN4OS/c28-25-9-5-4-8-22(25)20-31-16-18-32(19-17-31)24-13-11-23(12-14-24)29-27(34)30-26(33)15-10-21-6-2-1-3-7-21/h1-15H,16-20H2,(H2,29,30,33,34)/b15-10+. The highest BCUT2D eigenvalue weighted by molar-refractivity contribution is 7.80. The van der Waals surface area contributed by atoms with Crippen LogP contribution in [0.1, 0.15) is 11.1 Å². The zero-order valence-electron chi connectivity index (χ0n) is 18.8. The topological polar surface area (TPSA) is 47.6 Å². The van der Waals surface area contributed by atoms with Crippen molar-refractivity contribution in [3.05, 3.63) is 101 Å². The summed E-state index contributed by atoms with van der Waals surface area (Å²) in [6, 6.07) is 25.8. The van der Waals surface area contributed by atoms with Crippen LogP contribution >= 0.6 is 23.8 Å². The van der Waals surface area contributed by atoms with Crippen molar-refractivity contribution in [2.45, 2.75) is 6.54 Å². The van der Waals surface area contributed by atoms with Crippen LogP contribution in [0.5, 0.6) is 0 Å². The van der Waals surface area contributed by atoms with E-state index in [1.807, 2.05) is 60.7 Å². The fraction of sp³-hybridized carbons (Fsp3) is 0.185. The van der Waals surface area contributed by atoms with E-state index in [1.165, 1.54) is 17.3 Å². The Morgan fingerprint density at radius 3 is 2.29 bits per heavy atom. The average Bonchev–Trinajstić information content (AvgIpc) is 2.86. The molecule has 1 saturated heterocycles. The fourth-order valence-corrected chi connectivity index (χ4v) is 4.25. The maximum atomic E-state index is 12.1. The molecule has 0 aliphatic carbocycles. The summed E-state index contributed by atoms with van der Waals surface area (Å²) in [5.41, 5.74) is 4.13. The number of thiocarbonyl (C=S) groups is 1. The summed E-state index contributed by atoms with van der Waals surface area (Å²) < 4.78 is 0. The number of rotatable bonds is 6. The SMILES string of the molecule is O=C(/C=C/c1ccccc1)NC(=S)Nc1ccc(N2CCN(Cc3ccccc3Cl)CC2)cc1. The van der Waals surface area contributed by atoms with Crippen molar-refractivity contribution < 1.29 is 4.79 Å². The van der Waals surface area contributed by atoms with Gasteiger partial charge in [-0.1, -0.05) is 60.1 Å². The summed E-state index contributed by atoms with van der Waals surface area (Å²) in [4.78, 5) is 16.9. The first-order chi connectivity index (χ1) is 16.6. The van der Waals surface area contributed by atoms with Crippen LogP contribution < -0.4 is 15.5 Å². The Morgan fingerprint density at radius 2 is 1.59 bits per heavy atom. The molecule has 0 aromatic heterocycles. The molecule has 1 heterocycles. The summed E-state index contributed by atoms with van der Waals surface area (Å²) in [5.74, 6) is -0.271. The highest BCUT2D eigenvalue weighted by atomic mass is 35.5. The van der Waals surface area contributed by atoms with Crippen LogP contribution in [-0.4, -0.2) is 42.1 Å². The molecule has 0 bridgehead atoms. The molecule has 0 saturated carbocycles. The van der Waals surface area contributed by atoms with Gasteiger partial charge in [-0.25, -0.2) is 0 Å². The van der Waals surface area contributed by atoms with E-state index >= 15 is 0 Å². The molecule has 7 heteroatoms. The average molecular weight is 491 g/mol. The van der Waals surface area contributed by atoms with Crippen LogP contribution in [0.4, 0.5) is 11.4 Å². The molecule has 174 valence electrons. The molecule has 1 aliphatic rings. The number of hydrogen-bond donors (Lipinski definition) is 2. The minimum atomic E-state index is -0.271. The molecular formula is C27H27ClN4OS. The first kappa shape index (κ1) is 24.0. The second kappa shape index (κ2) is 11.8. The summed E-state index contributed by atoms with van der Waals surface area (Å²) in [6.45, 7) is 4.76. The van der Waals surface area contributed by atoms with Crippen molar-refractivity contribution in [3.8, 4) is 0 Å². The first-order valence-electron chi connectivity index (χ1n) is 11.2. The normalized spacial score (nSPS) is 14.2. The highest BCUT2D eigenvalue weighted by Crippen LogP contribution is 2.22. The van der Waals surface area contributed by atoms with Crippen molar-refractivity contribution in [2.75, 3.05) is 36.4 Å². The van der Waals surface area contributed by atoms with Gasteiger partial charge in [0.25, 0.3) is 0 Å². The lowest BCUT2D eigenvalue weighted by Crippen LogP contribution is -2.46. The monoisotopic (exact) mass is 490 g/mol. The van der Waals surface area contributed by atoms with Crippen molar-refractivity contribution in [1.29, 1.82) is 0 Å². The quantitative estimate of drug-likeness (QED) is 0.368. The summed E-state index contributed by atoms with van der Waals surface area (Å²) in [6.07, 6.45) is 3.22. The van der Waals surface area contributed by atoms with Crippen molar-refractivity contribution in [3.63, 3.8) is 0 Å². The zero-order valence-corrected chi connectivity index (χ0v) is 20.4. The Hall–Kier alpha value is -3.19. The predicted molar refractivity (Wildman–Crippen MR) is 145 cm³/mol. The van der Waals surface area contributed by atoms with Crippen LogP contribution in [0.3, 0.4) is 0 Å². The summed E-state index contributed by atoms with van der Waals surface area (Å²) in [7, 11) is 0. The third-order valence-corrected chi connectivity index (χ3v) is 6.25. The van der Waals surface area contributed by atoms with Gasteiger partial charge in [0.05, 0.1) is 0 Å². The number of nitrogens with zero attached hydrogens (tertiary/aromatic N) is 2. The van der Waals surface area contributed by atoms with E-state index in [1.54, 1.807) is 6.08 Å². The fourth-order valence-electron chi connectivity index (χ4n) is 3.84. The molecule has 3 aromatic rings. The Balaban J connectivity index is 1.23. The first-order valence-corrected chi connectivity index (χ1v) is 12.0. The maximum Gasteiger partial charge on any atom is 0.250 e. The molecule has 0 radical (unpaired) electrons. The van der Waals surface area contributed by atoms with Gasteiger partial charge in [0.15, 0.2) is 5.11 Å². The predicted octanol–water partition coefficient (Wildman–Crippen LogP) is 5.19. The number of carbonyl (C=O) groups is 1.